The van der Waals surface area contributed by atoms with Crippen LogP contribution in [0.2, 0.25) is 0 Å². The van der Waals surface area contributed by atoms with Gasteiger partial charge in [-0.1, -0.05) is 38.1 Å². The first-order chi connectivity index (χ1) is 9.60. The van der Waals surface area contributed by atoms with Crippen molar-refractivity contribution >= 4 is 0 Å². The highest BCUT2D eigenvalue weighted by Crippen LogP contribution is 2.27. The van der Waals surface area contributed by atoms with E-state index in [1.54, 1.807) is 0 Å². The van der Waals surface area contributed by atoms with Crippen LogP contribution < -0.4 is 0 Å². The number of hydrogen-bond acceptors (Lipinski definition) is 2. The molecule has 2 nitrogen and oxygen atoms in total. The Morgan fingerprint density at radius 2 is 1.75 bits per heavy atom. The van der Waals surface area contributed by atoms with Crippen LogP contribution in [0, 0.1) is 5.92 Å². The molecule has 1 aromatic carbocycles. The van der Waals surface area contributed by atoms with Gasteiger partial charge in [-0.05, 0) is 56.2 Å². The third-order valence-electron chi connectivity index (χ3n) is 4.84. The zero-order chi connectivity index (χ0) is 14.5. The maximum absolute atomic E-state index is 10.4. The summed E-state index contributed by atoms with van der Waals surface area (Å²) < 4.78 is 0. The molecular formula is C18H29NO. The summed E-state index contributed by atoms with van der Waals surface area (Å²) in [5.74, 6) is 0.881. The standard InChI is InChI=1S/C18H29NO/c1-4-15-7-9-16(10-8-15)18(20)13-19(3)17-11-5-14(2)6-12-17/h7-10,14,17-18,20H,4-6,11-13H2,1-3H3. The van der Waals surface area contributed by atoms with Gasteiger partial charge in [0.15, 0.2) is 0 Å². The van der Waals surface area contributed by atoms with Gasteiger partial charge < -0.3 is 10.0 Å². The summed E-state index contributed by atoms with van der Waals surface area (Å²) in [5, 5.41) is 10.4. The van der Waals surface area contributed by atoms with Gasteiger partial charge in [0, 0.05) is 12.6 Å². The number of nitrogens with zero attached hydrogens (tertiary/aromatic N) is 1. The van der Waals surface area contributed by atoms with Crippen LogP contribution >= 0.6 is 0 Å². The van der Waals surface area contributed by atoms with Gasteiger partial charge in [-0.3, -0.25) is 0 Å². The Balaban J connectivity index is 1.87. The van der Waals surface area contributed by atoms with Gasteiger partial charge in [0.2, 0.25) is 0 Å². The van der Waals surface area contributed by atoms with E-state index in [2.05, 4.69) is 50.1 Å². The molecule has 1 unspecified atom stereocenters. The Labute approximate surface area is 123 Å². The minimum atomic E-state index is -0.370. The molecule has 0 amide bonds. The predicted octanol–water partition coefficient (Wildman–Crippen LogP) is 3.79. The zero-order valence-electron chi connectivity index (χ0n) is 13.2. The van der Waals surface area contributed by atoms with Gasteiger partial charge in [-0.2, -0.15) is 0 Å². The van der Waals surface area contributed by atoms with E-state index >= 15 is 0 Å². The molecule has 0 spiro atoms. The van der Waals surface area contributed by atoms with Gasteiger partial charge in [0.25, 0.3) is 0 Å². The van der Waals surface area contributed by atoms with Crippen LogP contribution in [0.5, 0.6) is 0 Å². The summed E-state index contributed by atoms with van der Waals surface area (Å²) in [6, 6.07) is 9.04. The molecule has 20 heavy (non-hydrogen) atoms. The highest BCUT2D eigenvalue weighted by molar-refractivity contribution is 5.24. The van der Waals surface area contributed by atoms with Crippen LogP contribution in [-0.2, 0) is 6.42 Å². The van der Waals surface area contributed by atoms with Crippen LogP contribution in [0.25, 0.3) is 0 Å². The van der Waals surface area contributed by atoms with E-state index in [-0.39, 0.29) is 6.10 Å². The van der Waals surface area contributed by atoms with Crippen molar-refractivity contribution < 1.29 is 5.11 Å². The first-order valence-electron chi connectivity index (χ1n) is 8.07. The maximum Gasteiger partial charge on any atom is 0.0916 e. The molecule has 1 atom stereocenters. The highest BCUT2D eigenvalue weighted by atomic mass is 16.3. The van der Waals surface area contributed by atoms with Crippen molar-refractivity contribution in [2.45, 2.75) is 58.1 Å². The lowest BCUT2D eigenvalue weighted by Gasteiger charge is -2.34. The maximum atomic E-state index is 10.4. The number of aliphatic hydroxyl groups excluding tert-OH is 1. The van der Waals surface area contributed by atoms with Crippen LogP contribution in [-0.4, -0.2) is 29.6 Å². The molecule has 0 radical (unpaired) electrons. The van der Waals surface area contributed by atoms with Crippen molar-refractivity contribution in [1.82, 2.24) is 4.90 Å². The van der Waals surface area contributed by atoms with Crippen molar-refractivity contribution in [1.29, 1.82) is 0 Å². The molecule has 0 heterocycles. The average Bonchev–Trinajstić information content (AvgIpc) is 2.48. The third kappa shape index (κ3) is 4.07. The molecule has 1 N–H and O–H groups in total. The molecule has 1 fully saturated rings. The molecule has 1 aromatic rings. The number of hydrogen-bond donors (Lipinski definition) is 1. The number of aryl methyl sites for hydroxylation is 1. The molecule has 2 heteroatoms. The molecule has 0 aliphatic heterocycles. The largest absolute Gasteiger partial charge is 0.387 e. The third-order valence-corrected chi connectivity index (χ3v) is 4.84. The fraction of sp³-hybridized carbons (Fsp3) is 0.667. The van der Waals surface area contributed by atoms with Crippen LogP contribution in [0.3, 0.4) is 0 Å². The summed E-state index contributed by atoms with van der Waals surface area (Å²) in [4.78, 5) is 2.35. The predicted molar refractivity (Wildman–Crippen MR) is 84.8 cm³/mol. The molecule has 2 rings (SSSR count). The monoisotopic (exact) mass is 275 g/mol. The van der Waals surface area contributed by atoms with Gasteiger partial charge in [-0.25, -0.2) is 0 Å². The van der Waals surface area contributed by atoms with Gasteiger partial charge in [0.05, 0.1) is 6.10 Å². The molecular weight excluding hydrogens is 246 g/mol. The fourth-order valence-electron chi connectivity index (χ4n) is 3.19. The molecule has 1 aliphatic rings. The van der Waals surface area contributed by atoms with Crippen LogP contribution in [0.15, 0.2) is 24.3 Å². The van der Waals surface area contributed by atoms with E-state index in [4.69, 9.17) is 0 Å². The molecule has 112 valence electrons. The van der Waals surface area contributed by atoms with Gasteiger partial charge >= 0.3 is 0 Å². The van der Waals surface area contributed by atoms with E-state index in [9.17, 15) is 5.11 Å². The first-order valence-corrected chi connectivity index (χ1v) is 8.07. The van der Waals surface area contributed by atoms with Crippen molar-refractivity contribution in [2.24, 2.45) is 5.92 Å². The highest BCUT2D eigenvalue weighted by Gasteiger charge is 2.23. The Kier molecular flexibility index (Phi) is 5.62. The summed E-state index contributed by atoms with van der Waals surface area (Å²) in [6.45, 7) is 5.24. The second-order valence-corrected chi connectivity index (χ2v) is 6.46. The Hall–Kier alpha value is -0.860. The summed E-state index contributed by atoms with van der Waals surface area (Å²) >= 11 is 0. The molecule has 0 saturated heterocycles. The van der Waals surface area contributed by atoms with Crippen molar-refractivity contribution in [3.05, 3.63) is 35.4 Å². The first kappa shape index (κ1) is 15.5. The van der Waals surface area contributed by atoms with E-state index in [0.29, 0.717) is 6.04 Å². The lowest BCUT2D eigenvalue weighted by molar-refractivity contribution is 0.0857. The van der Waals surface area contributed by atoms with E-state index < -0.39 is 0 Å². The second-order valence-electron chi connectivity index (χ2n) is 6.46. The molecule has 1 saturated carbocycles. The van der Waals surface area contributed by atoms with Gasteiger partial charge in [-0.15, -0.1) is 0 Å². The number of aliphatic hydroxyl groups is 1. The zero-order valence-corrected chi connectivity index (χ0v) is 13.2. The molecule has 0 aromatic heterocycles. The Bertz CT molecular complexity index is 392. The minimum absolute atomic E-state index is 0.370. The number of rotatable bonds is 5. The lowest BCUT2D eigenvalue weighted by Crippen LogP contribution is -2.37. The smallest absolute Gasteiger partial charge is 0.0916 e. The summed E-state index contributed by atoms with van der Waals surface area (Å²) in [7, 11) is 2.16. The van der Waals surface area contributed by atoms with Crippen LogP contribution in [0.4, 0.5) is 0 Å². The minimum Gasteiger partial charge on any atom is -0.387 e. The normalized spacial score (nSPS) is 24.9. The van der Waals surface area contributed by atoms with E-state index in [1.807, 2.05) is 0 Å². The average molecular weight is 275 g/mol. The number of likely N-dealkylation sites (N-methyl/N-ethyl adjacent to an activating group) is 1. The SMILES string of the molecule is CCc1ccc(C(O)CN(C)C2CCC(C)CC2)cc1. The Morgan fingerprint density at radius 3 is 2.30 bits per heavy atom. The summed E-state index contributed by atoms with van der Waals surface area (Å²) in [6.07, 6.45) is 5.90. The molecule has 1 aliphatic carbocycles. The quantitative estimate of drug-likeness (QED) is 0.883. The fourth-order valence-corrected chi connectivity index (χ4v) is 3.19. The van der Waals surface area contributed by atoms with E-state index in [1.165, 1.54) is 31.2 Å². The molecule has 0 bridgehead atoms. The van der Waals surface area contributed by atoms with Crippen molar-refractivity contribution in [3.8, 4) is 0 Å². The van der Waals surface area contributed by atoms with Crippen LogP contribution in [0.1, 0.15) is 56.8 Å². The Morgan fingerprint density at radius 1 is 1.15 bits per heavy atom. The van der Waals surface area contributed by atoms with Crippen molar-refractivity contribution in [3.63, 3.8) is 0 Å². The topological polar surface area (TPSA) is 23.5 Å². The number of benzene rings is 1. The lowest BCUT2D eigenvalue weighted by atomic mass is 9.86. The van der Waals surface area contributed by atoms with Crippen molar-refractivity contribution in [2.75, 3.05) is 13.6 Å². The van der Waals surface area contributed by atoms with Gasteiger partial charge in [0.1, 0.15) is 0 Å². The summed E-state index contributed by atoms with van der Waals surface area (Å²) in [5.41, 5.74) is 2.37. The second kappa shape index (κ2) is 7.24. The van der Waals surface area contributed by atoms with E-state index in [0.717, 1.165) is 24.4 Å².